The molecule has 2 aliphatic rings. The van der Waals surface area contributed by atoms with Crippen LogP contribution in [-0.2, 0) is 0 Å². The molecule has 10 heteroatoms. The first-order valence-electron chi connectivity index (χ1n) is 10.3. The maximum Gasteiger partial charge on any atom is 0.331 e. The number of nitrogens with zero attached hydrogens (tertiary/aromatic N) is 2. The topological polar surface area (TPSA) is 138 Å². The number of methoxy groups -OCH3 is 2. The van der Waals surface area contributed by atoms with Gasteiger partial charge in [-0.1, -0.05) is 19.3 Å². The fourth-order valence-electron chi connectivity index (χ4n) is 4.38. The van der Waals surface area contributed by atoms with Crippen LogP contribution in [0.2, 0.25) is 0 Å². The Hall–Kier alpha value is -3.43. The smallest absolute Gasteiger partial charge is 0.331 e. The molecule has 1 aromatic heterocycles. The van der Waals surface area contributed by atoms with Crippen molar-refractivity contribution in [1.29, 1.82) is 0 Å². The number of aromatic nitrogens is 2. The molecule has 10 nitrogen and oxygen atoms in total. The van der Waals surface area contributed by atoms with Crippen molar-refractivity contribution in [2.24, 2.45) is 5.10 Å². The zero-order valence-electron chi connectivity index (χ0n) is 17.5. The summed E-state index contributed by atoms with van der Waals surface area (Å²) < 4.78 is 11.7. The molecule has 1 aliphatic heterocycles. The van der Waals surface area contributed by atoms with Crippen LogP contribution in [0.15, 0.2) is 26.8 Å². The second kappa shape index (κ2) is 8.37. The summed E-state index contributed by atoms with van der Waals surface area (Å²) in [5, 5.41) is 25.3. The van der Waals surface area contributed by atoms with E-state index in [4.69, 9.17) is 9.47 Å². The zero-order chi connectivity index (χ0) is 22.1. The molecule has 0 saturated heterocycles. The lowest BCUT2D eigenvalue weighted by molar-refractivity contribution is 0.298. The highest BCUT2D eigenvalue weighted by molar-refractivity contribution is 6.03. The van der Waals surface area contributed by atoms with Gasteiger partial charge >= 0.3 is 5.69 Å². The largest absolute Gasteiger partial charge is 0.502 e. The predicted molar refractivity (Wildman–Crippen MR) is 113 cm³/mol. The Morgan fingerprint density at radius 1 is 1.06 bits per heavy atom. The number of phenols is 1. The van der Waals surface area contributed by atoms with Gasteiger partial charge in [0.2, 0.25) is 11.6 Å². The molecule has 4 N–H and O–H groups in total. The van der Waals surface area contributed by atoms with Gasteiger partial charge in [0.1, 0.15) is 5.56 Å². The van der Waals surface area contributed by atoms with E-state index < -0.39 is 11.2 Å². The normalized spacial score (nSPS) is 19.0. The SMILES string of the molecule is COc1cc([C@@H]2CC(c3c(O)n(C4CCCCC4)c(=O)[nH]c3=O)=NN2)cc(OC)c1O. The van der Waals surface area contributed by atoms with E-state index in [1.807, 2.05) is 0 Å². The van der Waals surface area contributed by atoms with Crippen LogP contribution in [0, 0.1) is 0 Å². The summed E-state index contributed by atoms with van der Waals surface area (Å²) in [6.07, 6.45) is 4.88. The standard InChI is InChI=1S/C21H26N4O6/c1-30-15-8-11(9-16(31-2)18(15)26)13-10-14(24-23-13)17-19(27)22-21(29)25(20(17)28)12-6-4-3-5-7-12/h8-9,12-13,23,26,28H,3-7,10H2,1-2H3,(H,22,27,29)/t13-/m0/s1. The number of nitrogens with one attached hydrogen (secondary N) is 2. The molecule has 1 aliphatic carbocycles. The number of ether oxygens (including phenoxy) is 2. The highest BCUT2D eigenvalue weighted by Gasteiger charge is 2.30. The van der Waals surface area contributed by atoms with Crippen molar-refractivity contribution in [3.63, 3.8) is 0 Å². The molecule has 1 atom stereocenters. The molecule has 0 spiro atoms. The number of aromatic hydroxyl groups is 2. The van der Waals surface area contributed by atoms with Gasteiger partial charge in [0, 0.05) is 12.5 Å². The average molecular weight is 430 g/mol. The monoisotopic (exact) mass is 430 g/mol. The van der Waals surface area contributed by atoms with E-state index in [1.165, 1.54) is 18.8 Å². The predicted octanol–water partition coefficient (Wildman–Crippen LogP) is 1.91. The molecule has 0 amide bonds. The molecule has 0 unspecified atom stereocenters. The quantitative estimate of drug-likeness (QED) is 0.568. The van der Waals surface area contributed by atoms with Crippen LogP contribution in [0.5, 0.6) is 23.1 Å². The highest BCUT2D eigenvalue weighted by Crippen LogP contribution is 2.40. The third-order valence-corrected chi connectivity index (χ3v) is 6.00. The molecular weight excluding hydrogens is 404 g/mol. The van der Waals surface area contributed by atoms with Crippen molar-refractivity contribution in [3.8, 4) is 23.1 Å². The Morgan fingerprint density at radius 2 is 1.71 bits per heavy atom. The van der Waals surface area contributed by atoms with E-state index in [2.05, 4.69) is 15.5 Å². The lowest BCUT2D eigenvalue weighted by Crippen LogP contribution is -2.36. The Kier molecular flexibility index (Phi) is 5.62. The third-order valence-electron chi connectivity index (χ3n) is 6.00. The summed E-state index contributed by atoms with van der Waals surface area (Å²) in [5.41, 5.74) is 2.75. The van der Waals surface area contributed by atoms with Crippen LogP contribution in [0.25, 0.3) is 0 Å². The minimum atomic E-state index is -0.670. The summed E-state index contributed by atoms with van der Waals surface area (Å²) >= 11 is 0. The number of hydrazone groups is 1. The Labute approximate surface area is 178 Å². The van der Waals surface area contributed by atoms with E-state index in [1.54, 1.807) is 12.1 Å². The first kappa shape index (κ1) is 20.8. The fraction of sp³-hybridized carbons (Fsp3) is 0.476. The highest BCUT2D eigenvalue weighted by atomic mass is 16.5. The number of rotatable bonds is 5. The number of benzene rings is 1. The van der Waals surface area contributed by atoms with Crippen molar-refractivity contribution in [1.82, 2.24) is 15.0 Å². The molecule has 2 heterocycles. The van der Waals surface area contributed by atoms with Crippen LogP contribution in [0.3, 0.4) is 0 Å². The van der Waals surface area contributed by atoms with E-state index in [0.29, 0.717) is 5.71 Å². The molecule has 166 valence electrons. The second-order valence-corrected chi connectivity index (χ2v) is 7.84. The van der Waals surface area contributed by atoms with Crippen LogP contribution in [0.4, 0.5) is 0 Å². The van der Waals surface area contributed by atoms with E-state index in [-0.39, 0.29) is 47.2 Å². The molecular formula is C21H26N4O6. The van der Waals surface area contributed by atoms with Crippen molar-refractivity contribution in [2.45, 2.75) is 50.6 Å². The lowest BCUT2D eigenvalue weighted by atomic mass is 9.95. The van der Waals surface area contributed by atoms with E-state index >= 15 is 0 Å². The van der Waals surface area contributed by atoms with Crippen molar-refractivity contribution in [3.05, 3.63) is 44.1 Å². The molecule has 2 aromatic rings. The van der Waals surface area contributed by atoms with Crippen molar-refractivity contribution >= 4 is 5.71 Å². The number of hydrogen-bond donors (Lipinski definition) is 4. The van der Waals surface area contributed by atoms with E-state index in [9.17, 15) is 19.8 Å². The molecule has 1 saturated carbocycles. The van der Waals surface area contributed by atoms with Gasteiger partial charge in [-0.05, 0) is 30.5 Å². The summed E-state index contributed by atoms with van der Waals surface area (Å²) in [6.45, 7) is 0. The average Bonchev–Trinajstić information content (AvgIpc) is 3.24. The van der Waals surface area contributed by atoms with Crippen LogP contribution in [0.1, 0.15) is 61.7 Å². The molecule has 4 rings (SSSR count). The fourth-order valence-corrected chi connectivity index (χ4v) is 4.38. The van der Waals surface area contributed by atoms with Gasteiger partial charge in [0.25, 0.3) is 5.56 Å². The van der Waals surface area contributed by atoms with Gasteiger partial charge in [-0.15, -0.1) is 0 Å². The second-order valence-electron chi connectivity index (χ2n) is 7.84. The summed E-state index contributed by atoms with van der Waals surface area (Å²) in [7, 11) is 2.88. The molecule has 31 heavy (non-hydrogen) atoms. The minimum Gasteiger partial charge on any atom is -0.502 e. The maximum absolute atomic E-state index is 12.6. The summed E-state index contributed by atoms with van der Waals surface area (Å²) in [5.74, 6) is 0.0385. The Balaban J connectivity index is 1.67. The van der Waals surface area contributed by atoms with Crippen molar-refractivity contribution in [2.75, 3.05) is 14.2 Å². The first-order valence-corrected chi connectivity index (χ1v) is 10.3. The number of phenolic OH excluding ortho intramolecular Hbond substituents is 1. The number of H-pyrrole nitrogens is 1. The van der Waals surface area contributed by atoms with Gasteiger partial charge < -0.3 is 25.1 Å². The number of hydrogen-bond acceptors (Lipinski definition) is 8. The van der Waals surface area contributed by atoms with Crippen LogP contribution in [-0.4, -0.2) is 39.7 Å². The van der Waals surface area contributed by atoms with Gasteiger partial charge in [-0.2, -0.15) is 5.10 Å². The van der Waals surface area contributed by atoms with Gasteiger partial charge in [-0.3, -0.25) is 14.3 Å². The van der Waals surface area contributed by atoms with Gasteiger partial charge in [-0.25, -0.2) is 4.79 Å². The van der Waals surface area contributed by atoms with Gasteiger partial charge in [0.05, 0.1) is 26.0 Å². The summed E-state index contributed by atoms with van der Waals surface area (Å²) in [6, 6.07) is 2.82. The third kappa shape index (κ3) is 3.73. The van der Waals surface area contributed by atoms with Crippen LogP contribution < -0.4 is 26.1 Å². The number of aromatic amines is 1. The maximum atomic E-state index is 12.6. The lowest BCUT2D eigenvalue weighted by Gasteiger charge is -2.25. The van der Waals surface area contributed by atoms with Crippen LogP contribution >= 0.6 is 0 Å². The van der Waals surface area contributed by atoms with Crippen molar-refractivity contribution < 1.29 is 19.7 Å². The zero-order valence-corrected chi connectivity index (χ0v) is 17.5. The Morgan fingerprint density at radius 3 is 2.32 bits per heavy atom. The molecule has 0 bridgehead atoms. The molecule has 1 aromatic carbocycles. The molecule has 1 fully saturated rings. The summed E-state index contributed by atoms with van der Waals surface area (Å²) in [4.78, 5) is 27.3. The van der Waals surface area contributed by atoms with Gasteiger partial charge in [0.15, 0.2) is 11.5 Å². The van der Waals surface area contributed by atoms with E-state index in [0.717, 1.165) is 37.7 Å². The molecule has 0 radical (unpaired) electrons. The first-order chi connectivity index (χ1) is 14.9. The Bertz CT molecular complexity index is 1100. The minimum absolute atomic E-state index is 0.00196.